The Hall–Kier alpha value is -1.86. The number of hydrogen-bond acceptors (Lipinski definition) is 1. The maximum Gasteiger partial charge on any atom is 0.0904 e. The van der Waals surface area contributed by atoms with Crippen molar-refractivity contribution in [1.29, 1.82) is 0 Å². The van der Waals surface area contributed by atoms with Crippen molar-refractivity contribution in [3.05, 3.63) is 82.9 Å². The number of hydrogen-bond donors (Lipinski definition) is 0. The summed E-state index contributed by atoms with van der Waals surface area (Å²) in [6.45, 7) is 0. The fraction of sp³-hybridized carbons (Fsp3) is 0.222. The molecule has 0 N–H and O–H groups in total. The van der Waals surface area contributed by atoms with Crippen LogP contribution in [0.15, 0.2) is 60.7 Å². The van der Waals surface area contributed by atoms with Gasteiger partial charge < -0.3 is 0 Å². The van der Waals surface area contributed by atoms with Crippen LogP contribution >= 0.6 is 0 Å². The highest BCUT2D eigenvalue weighted by atomic mass is 15.1. The van der Waals surface area contributed by atoms with E-state index in [0.29, 0.717) is 5.92 Å². The lowest BCUT2D eigenvalue weighted by atomic mass is 9.63. The van der Waals surface area contributed by atoms with Crippen molar-refractivity contribution >= 4 is 0 Å². The number of allylic oxidation sites excluding steroid dienone is 1. The molecule has 2 aromatic carbocycles. The van der Waals surface area contributed by atoms with Crippen molar-refractivity contribution in [2.24, 2.45) is 0 Å². The first kappa shape index (κ1) is 11.0. The maximum absolute atomic E-state index is 2.38. The molecule has 0 saturated carbocycles. The highest BCUT2D eigenvalue weighted by Gasteiger charge is 2.46. The van der Waals surface area contributed by atoms with Crippen molar-refractivity contribution < 1.29 is 0 Å². The maximum atomic E-state index is 2.38. The minimum absolute atomic E-state index is 0.0953. The van der Waals surface area contributed by atoms with E-state index in [9.17, 15) is 0 Å². The van der Waals surface area contributed by atoms with Gasteiger partial charge in [-0.2, -0.15) is 0 Å². The topological polar surface area (TPSA) is 3.24 Å². The van der Waals surface area contributed by atoms with E-state index in [2.05, 4.69) is 79.7 Å². The summed E-state index contributed by atoms with van der Waals surface area (Å²) in [4.78, 5) is 2.33. The molecule has 1 heteroatoms. The summed E-state index contributed by atoms with van der Waals surface area (Å²) in [5.74, 6) is 0.425. The summed E-state index contributed by atoms with van der Waals surface area (Å²) in [6, 6.07) is 17.7. The van der Waals surface area contributed by atoms with Crippen LogP contribution in [0.25, 0.3) is 0 Å². The molecule has 0 saturated heterocycles. The van der Waals surface area contributed by atoms with Gasteiger partial charge in [0.05, 0.1) is 5.54 Å². The molecule has 5 rings (SSSR count). The van der Waals surface area contributed by atoms with Crippen LogP contribution in [0.1, 0.15) is 28.2 Å². The molecule has 94 valence electrons. The van der Waals surface area contributed by atoms with Crippen molar-refractivity contribution in [2.75, 3.05) is 14.1 Å². The van der Waals surface area contributed by atoms with Crippen molar-refractivity contribution in [3.8, 4) is 0 Å². The van der Waals surface area contributed by atoms with Crippen LogP contribution in [0.5, 0.6) is 0 Å². The van der Waals surface area contributed by atoms with E-state index in [0.717, 1.165) is 0 Å². The summed E-state index contributed by atoms with van der Waals surface area (Å²) < 4.78 is 0. The van der Waals surface area contributed by atoms with Crippen LogP contribution in [0, 0.1) is 0 Å². The molecule has 0 heterocycles. The number of likely N-dealkylation sites (N-methyl/N-ethyl adjacent to an activating group) is 1. The minimum Gasteiger partial charge on any atom is -0.293 e. The van der Waals surface area contributed by atoms with Gasteiger partial charge in [0.15, 0.2) is 0 Å². The fourth-order valence-corrected chi connectivity index (χ4v) is 3.80. The molecular weight excluding hydrogens is 230 g/mol. The number of nitrogens with zero attached hydrogens (tertiary/aromatic N) is 1. The van der Waals surface area contributed by atoms with Gasteiger partial charge in [-0.05, 0) is 36.3 Å². The Labute approximate surface area is 114 Å². The summed E-state index contributed by atoms with van der Waals surface area (Å²) in [5, 5.41) is 0. The van der Waals surface area contributed by atoms with Crippen LogP contribution in [0.2, 0.25) is 0 Å². The average molecular weight is 247 g/mol. The van der Waals surface area contributed by atoms with Gasteiger partial charge >= 0.3 is 0 Å². The first-order chi connectivity index (χ1) is 9.25. The normalized spacial score (nSPS) is 26.4. The number of rotatable bonds is 1. The average Bonchev–Trinajstić information content (AvgIpc) is 2.47. The second-order valence-corrected chi connectivity index (χ2v) is 5.67. The molecule has 0 aromatic heterocycles. The first-order valence-corrected chi connectivity index (χ1v) is 6.81. The minimum atomic E-state index is -0.0953. The van der Waals surface area contributed by atoms with Gasteiger partial charge in [-0.3, -0.25) is 4.90 Å². The van der Waals surface area contributed by atoms with Gasteiger partial charge in [0.25, 0.3) is 0 Å². The standard InChI is InChI=1S/C18H17N/c1-19(2)18-12-11-13(14-7-3-5-9-16(14)18)15-8-4-6-10-17(15)18/h3-13H,1-2H3. The quantitative estimate of drug-likeness (QED) is 0.697. The molecular formula is C18H17N. The lowest BCUT2D eigenvalue weighted by molar-refractivity contribution is 0.243. The Kier molecular flexibility index (Phi) is 2.07. The smallest absolute Gasteiger partial charge is 0.0904 e. The molecule has 0 aliphatic heterocycles. The molecule has 1 nitrogen and oxygen atoms in total. The second-order valence-electron chi connectivity index (χ2n) is 5.67. The van der Waals surface area contributed by atoms with Crippen LogP contribution in [0.3, 0.4) is 0 Å². The van der Waals surface area contributed by atoms with E-state index in [1.54, 1.807) is 0 Å². The van der Waals surface area contributed by atoms with Crippen molar-refractivity contribution in [2.45, 2.75) is 11.5 Å². The van der Waals surface area contributed by atoms with Gasteiger partial charge in [0.1, 0.15) is 0 Å². The second kappa shape index (κ2) is 3.58. The summed E-state index contributed by atoms with van der Waals surface area (Å²) in [5.41, 5.74) is 5.69. The SMILES string of the molecule is CN(C)C12C=CC(c3ccccc31)c1ccccc12. The molecule has 0 amide bonds. The molecule has 0 atom stereocenters. The molecule has 0 spiro atoms. The Bertz CT molecular complexity index is 634. The lowest BCUT2D eigenvalue weighted by Gasteiger charge is -2.49. The third-order valence-electron chi connectivity index (χ3n) is 4.65. The van der Waals surface area contributed by atoms with Crippen molar-refractivity contribution in [3.63, 3.8) is 0 Å². The third kappa shape index (κ3) is 1.19. The van der Waals surface area contributed by atoms with Crippen molar-refractivity contribution in [1.82, 2.24) is 4.90 Å². The molecule has 2 bridgehead atoms. The Morgan fingerprint density at radius 2 is 1.37 bits per heavy atom. The highest BCUT2D eigenvalue weighted by Crippen LogP contribution is 2.52. The Morgan fingerprint density at radius 3 is 1.89 bits per heavy atom. The Balaban J connectivity index is 2.13. The number of benzene rings is 2. The summed E-state index contributed by atoms with van der Waals surface area (Å²) in [7, 11) is 4.34. The molecule has 19 heavy (non-hydrogen) atoms. The van der Waals surface area contributed by atoms with E-state index < -0.39 is 0 Å². The zero-order valence-electron chi connectivity index (χ0n) is 11.3. The van der Waals surface area contributed by atoms with Crippen LogP contribution < -0.4 is 0 Å². The molecule has 0 fully saturated rings. The predicted molar refractivity (Wildman–Crippen MR) is 78.3 cm³/mol. The van der Waals surface area contributed by atoms with E-state index in [4.69, 9.17) is 0 Å². The van der Waals surface area contributed by atoms with Crippen LogP contribution in [-0.4, -0.2) is 19.0 Å². The van der Waals surface area contributed by atoms with E-state index in [-0.39, 0.29) is 5.54 Å². The largest absolute Gasteiger partial charge is 0.293 e. The first-order valence-electron chi connectivity index (χ1n) is 6.81. The van der Waals surface area contributed by atoms with Gasteiger partial charge in [-0.25, -0.2) is 0 Å². The summed E-state index contributed by atoms with van der Waals surface area (Å²) >= 11 is 0. The predicted octanol–water partition coefficient (Wildman–Crippen LogP) is 3.51. The van der Waals surface area contributed by atoms with E-state index >= 15 is 0 Å². The zero-order chi connectivity index (χ0) is 13.0. The summed E-state index contributed by atoms with van der Waals surface area (Å²) in [6.07, 6.45) is 4.74. The molecule has 0 radical (unpaired) electrons. The van der Waals surface area contributed by atoms with Gasteiger partial charge in [-0.15, -0.1) is 0 Å². The Morgan fingerprint density at radius 1 is 0.842 bits per heavy atom. The van der Waals surface area contributed by atoms with Gasteiger partial charge in [0, 0.05) is 5.92 Å². The van der Waals surface area contributed by atoms with E-state index in [1.807, 2.05) is 0 Å². The molecule has 3 aliphatic carbocycles. The molecule has 0 unspecified atom stereocenters. The fourth-order valence-electron chi connectivity index (χ4n) is 3.80. The van der Waals surface area contributed by atoms with Gasteiger partial charge in [-0.1, -0.05) is 60.7 Å². The monoisotopic (exact) mass is 247 g/mol. The zero-order valence-corrected chi connectivity index (χ0v) is 11.3. The van der Waals surface area contributed by atoms with Crippen LogP contribution in [0.4, 0.5) is 0 Å². The molecule has 2 aromatic rings. The van der Waals surface area contributed by atoms with E-state index in [1.165, 1.54) is 22.3 Å². The third-order valence-corrected chi connectivity index (χ3v) is 4.65. The lowest BCUT2D eigenvalue weighted by Crippen LogP contribution is -2.47. The highest BCUT2D eigenvalue weighted by molar-refractivity contribution is 5.63. The molecule has 3 aliphatic rings. The van der Waals surface area contributed by atoms with Crippen LogP contribution in [-0.2, 0) is 5.54 Å². The van der Waals surface area contributed by atoms with Gasteiger partial charge in [0.2, 0.25) is 0 Å².